The first-order valence-electron chi connectivity index (χ1n) is 6.07. The Labute approximate surface area is 113 Å². The molecule has 0 amide bonds. The van der Waals surface area contributed by atoms with E-state index in [2.05, 4.69) is 4.74 Å². The summed E-state index contributed by atoms with van der Waals surface area (Å²) in [6.07, 6.45) is 0. The van der Waals surface area contributed by atoms with Crippen LogP contribution in [0.2, 0.25) is 0 Å². The minimum Gasteiger partial charge on any atom is -0.467 e. The summed E-state index contributed by atoms with van der Waals surface area (Å²) in [6, 6.07) is 0. The lowest BCUT2D eigenvalue weighted by Gasteiger charge is -2.19. The van der Waals surface area contributed by atoms with Gasteiger partial charge in [0.05, 0.1) is 53.4 Å². The third kappa shape index (κ3) is 9.80. The molecule has 0 aromatic carbocycles. The topological polar surface area (TPSA) is 83.5 Å². The smallest absolute Gasteiger partial charge is 0.339 e. The summed E-state index contributed by atoms with van der Waals surface area (Å²) < 4.78 is 24.8. The molecule has 0 rings (SSSR count). The van der Waals surface area contributed by atoms with Crippen LogP contribution in [0.25, 0.3) is 0 Å². The summed E-state index contributed by atoms with van der Waals surface area (Å²) in [4.78, 5) is 11.1. The summed E-state index contributed by atoms with van der Waals surface area (Å²) in [6.45, 7) is 3.90. The van der Waals surface area contributed by atoms with Crippen LogP contribution >= 0.6 is 0 Å². The van der Waals surface area contributed by atoms with Crippen LogP contribution in [-0.2, 0) is 28.5 Å². The molecule has 1 unspecified atom stereocenters. The third-order valence-electron chi connectivity index (χ3n) is 2.18. The van der Waals surface area contributed by atoms with Crippen LogP contribution < -0.4 is 0 Å². The number of carbonyl (C=O) groups is 1. The van der Waals surface area contributed by atoms with Crippen LogP contribution in [0.5, 0.6) is 0 Å². The highest BCUT2D eigenvalue weighted by Gasteiger charge is 2.31. The lowest BCUT2D eigenvalue weighted by molar-refractivity contribution is -0.167. The molecule has 0 aliphatic carbocycles. The van der Waals surface area contributed by atoms with Gasteiger partial charge in [-0.2, -0.15) is 0 Å². The summed E-state index contributed by atoms with van der Waals surface area (Å²) in [5, 5.41) is 9.63. The number of ether oxygens (including phenoxy) is 5. The van der Waals surface area contributed by atoms with Gasteiger partial charge in [0.1, 0.15) is 0 Å². The maximum Gasteiger partial charge on any atom is 0.339 e. The molecule has 0 bridgehead atoms. The first-order valence-corrected chi connectivity index (χ1v) is 6.07. The van der Waals surface area contributed by atoms with Gasteiger partial charge in [-0.3, -0.25) is 0 Å². The van der Waals surface area contributed by atoms with Crippen molar-refractivity contribution in [2.75, 3.05) is 60.5 Å². The van der Waals surface area contributed by atoms with E-state index in [-0.39, 0.29) is 13.2 Å². The minimum absolute atomic E-state index is 0.132. The summed E-state index contributed by atoms with van der Waals surface area (Å²) in [5.74, 6) is -0.722. The van der Waals surface area contributed by atoms with Gasteiger partial charge in [-0.25, -0.2) is 4.79 Å². The lowest BCUT2D eigenvalue weighted by atomic mass is 10.1. The van der Waals surface area contributed by atoms with Crippen molar-refractivity contribution in [2.24, 2.45) is 0 Å². The first-order chi connectivity index (χ1) is 9.04. The third-order valence-corrected chi connectivity index (χ3v) is 2.18. The Hall–Kier alpha value is -0.730. The summed E-state index contributed by atoms with van der Waals surface area (Å²) in [5.41, 5.74) is -1.63. The van der Waals surface area contributed by atoms with Crippen molar-refractivity contribution in [3.63, 3.8) is 0 Å². The molecular formula is C12H24O7. The Morgan fingerprint density at radius 2 is 1.42 bits per heavy atom. The molecule has 0 saturated heterocycles. The average Bonchev–Trinajstić information content (AvgIpc) is 2.39. The monoisotopic (exact) mass is 280 g/mol. The molecule has 0 heterocycles. The van der Waals surface area contributed by atoms with E-state index in [4.69, 9.17) is 18.9 Å². The highest BCUT2D eigenvalue weighted by molar-refractivity contribution is 5.78. The normalized spacial score (nSPS) is 14.1. The number of hydrogen-bond donors (Lipinski definition) is 1. The zero-order valence-corrected chi connectivity index (χ0v) is 11.8. The highest BCUT2D eigenvalue weighted by atomic mass is 16.6. The van der Waals surface area contributed by atoms with Crippen LogP contribution in [0.3, 0.4) is 0 Å². The average molecular weight is 280 g/mol. The van der Waals surface area contributed by atoms with E-state index in [9.17, 15) is 9.90 Å². The molecule has 0 aliphatic rings. The molecule has 114 valence electrons. The minimum atomic E-state index is -1.63. The summed E-state index contributed by atoms with van der Waals surface area (Å²) in [7, 11) is 2.82. The Morgan fingerprint density at radius 1 is 0.947 bits per heavy atom. The molecule has 19 heavy (non-hydrogen) atoms. The molecular weight excluding hydrogens is 256 g/mol. The van der Waals surface area contributed by atoms with Gasteiger partial charge >= 0.3 is 5.97 Å². The number of aliphatic hydroxyl groups is 1. The lowest BCUT2D eigenvalue weighted by Crippen LogP contribution is -2.41. The van der Waals surface area contributed by atoms with Crippen molar-refractivity contribution >= 4 is 5.97 Å². The fraction of sp³-hybridized carbons (Fsp3) is 0.917. The van der Waals surface area contributed by atoms with Crippen molar-refractivity contribution in [3.8, 4) is 0 Å². The predicted octanol–water partition coefficient (Wildman–Crippen LogP) is -0.393. The van der Waals surface area contributed by atoms with E-state index in [0.29, 0.717) is 33.0 Å². The Morgan fingerprint density at radius 3 is 1.89 bits per heavy atom. The van der Waals surface area contributed by atoms with Crippen LogP contribution in [0.1, 0.15) is 6.92 Å². The van der Waals surface area contributed by atoms with Gasteiger partial charge in [0.15, 0.2) is 5.60 Å². The largest absolute Gasteiger partial charge is 0.467 e. The van der Waals surface area contributed by atoms with Gasteiger partial charge in [-0.05, 0) is 6.92 Å². The van der Waals surface area contributed by atoms with Gasteiger partial charge in [-0.15, -0.1) is 0 Å². The second-order valence-corrected chi connectivity index (χ2v) is 4.04. The zero-order valence-electron chi connectivity index (χ0n) is 11.8. The fourth-order valence-electron chi connectivity index (χ4n) is 1.13. The second kappa shape index (κ2) is 11.1. The van der Waals surface area contributed by atoms with E-state index in [1.54, 1.807) is 7.11 Å². The molecule has 1 atom stereocenters. The highest BCUT2D eigenvalue weighted by Crippen LogP contribution is 2.05. The van der Waals surface area contributed by atoms with Crippen LogP contribution in [0.15, 0.2) is 0 Å². The predicted molar refractivity (Wildman–Crippen MR) is 67.0 cm³/mol. The van der Waals surface area contributed by atoms with E-state index in [1.165, 1.54) is 14.0 Å². The van der Waals surface area contributed by atoms with Gasteiger partial charge in [0.25, 0.3) is 0 Å². The van der Waals surface area contributed by atoms with E-state index >= 15 is 0 Å². The standard InChI is InChI=1S/C12H24O7/c1-12(14,11(13)16-3)10-19-9-8-18-7-6-17-5-4-15-2/h14H,4-10H2,1-3H3. The maximum absolute atomic E-state index is 11.1. The maximum atomic E-state index is 11.1. The van der Waals surface area contributed by atoms with Gasteiger partial charge in [0.2, 0.25) is 0 Å². The zero-order chi connectivity index (χ0) is 14.6. The molecule has 0 saturated carbocycles. The van der Waals surface area contributed by atoms with Crippen molar-refractivity contribution < 1.29 is 33.6 Å². The summed E-state index contributed by atoms with van der Waals surface area (Å²) >= 11 is 0. The van der Waals surface area contributed by atoms with Crippen molar-refractivity contribution in [1.82, 2.24) is 0 Å². The van der Waals surface area contributed by atoms with E-state index in [1.807, 2.05) is 0 Å². The van der Waals surface area contributed by atoms with Gasteiger partial charge in [-0.1, -0.05) is 0 Å². The van der Waals surface area contributed by atoms with Crippen molar-refractivity contribution in [3.05, 3.63) is 0 Å². The van der Waals surface area contributed by atoms with Gasteiger partial charge < -0.3 is 28.8 Å². The van der Waals surface area contributed by atoms with Crippen molar-refractivity contribution in [1.29, 1.82) is 0 Å². The molecule has 1 N–H and O–H groups in total. The Kier molecular flexibility index (Phi) is 10.7. The molecule has 0 aromatic heterocycles. The molecule has 7 nitrogen and oxygen atoms in total. The molecule has 0 fully saturated rings. The van der Waals surface area contributed by atoms with Gasteiger partial charge in [0, 0.05) is 7.11 Å². The molecule has 7 heteroatoms. The number of methoxy groups -OCH3 is 2. The number of hydrogen-bond acceptors (Lipinski definition) is 7. The fourth-order valence-corrected chi connectivity index (χ4v) is 1.13. The molecule has 0 aromatic rings. The Balaban J connectivity index is 3.33. The van der Waals surface area contributed by atoms with Crippen molar-refractivity contribution in [2.45, 2.75) is 12.5 Å². The van der Waals surface area contributed by atoms with Crippen LogP contribution in [0.4, 0.5) is 0 Å². The molecule has 0 spiro atoms. The number of carbonyl (C=O) groups excluding carboxylic acids is 1. The molecule has 0 aliphatic heterocycles. The number of esters is 1. The first kappa shape index (κ1) is 18.3. The van der Waals surface area contributed by atoms with Crippen LogP contribution in [0, 0.1) is 0 Å². The Bertz CT molecular complexity index is 230. The molecule has 0 radical (unpaired) electrons. The number of rotatable bonds is 12. The second-order valence-electron chi connectivity index (χ2n) is 4.04. The van der Waals surface area contributed by atoms with Crippen LogP contribution in [-0.4, -0.2) is 77.1 Å². The SMILES string of the molecule is COCCOCCOCCOCC(C)(O)C(=O)OC. The van der Waals surface area contributed by atoms with E-state index in [0.717, 1.165) is 0 Å². The quantitative estimate of drug-likeness (QED) is 0.385. The van der Waals surface area contributed by atoms with E-state index < -0.39 is 11.6 Å².